The Morgan fingerprint density at radius 3 is 1.49 bits per heavy atom. The number of ether oxygens (including phenoxy) is 5. The smallest absolute Gasteiger partial charge is 0.753 e. The van der Waals surface area contributed by atoms with Crippen LogP contribution in [-0.4, -0.2) is 69.6 Å². The Kier molecular flexibility index (Phi) is 24.9. The molecule has 0 bridgehead atoms. The van der Waals surface area contributed by atoms with Crippen LogP contribution in [0.3, 0.4) is 0 Å². The molecule has 0 aliphatic carbocycles. The van der Waals surface area contributed by atoms with Crippen LogP contribution in [0.15, 0.2) is 122 Å². The van der Waals surface area contributed by atoms with Crippen molar-refractivity contribution in [2.24, 2.45) is 0 Å². The molecule has 0 fully saturated rings. The summed E-state index contributed by atoms with van der Waals surface area (Å²) < 4.78 is 64.9. The van der Waals surface area contributed by atoms with Crippen molar-refractivity contribution in [3.8, 4) is 51.5 Å². The number of benzene rings is 2. The molecule has 0 aliphatic rings. The van der Waals surface area contributed by atoms with Gasteiger partial charge in [-0.3, -0.25) is 34.7 Å². The molecular weight excluding hydrogens is 1030 g/mol. The average molecular weight is 1080 g/mol. The molecule has 4 aromatic heterocycles. The molecule has 4 heterocycles. The van der Waals surface area contributed by atoms with Gasteiger partial charge in [0.05, 0.1) is 36.0 Å². The van der Waals surface area contributed by atoms with E-state index >= 15 is 0 Å². The Hall–Kier alpha value is -7.73. The monoisotopic (exact) mass is 1080 g/mol. The fourth-order valence-corrected chi connectivity index (χ4v) is 6.17. The number of alkyl halides is 3. The molecule has 370 valence electrons. The van der Waals surface area contributed by atoms with Crippen LogP contribution >= 0.6 is 12.2 Å². The van der Waals surface area contributed by atoms with E-state index in [1.165, 1.54) is 66.2 Å². The molecule has 0 radical (unpaired) electrons. The van der Waals surface area contributed by atoms with Gasteiger partial charge >= 0.3 is 25.7 Å². The number of thiocarbonyl (C=S) groups is 1. The van der Waals surface area contributed by atoms with Crippen LogP contribution in [0, 0.1) is 5.41 Å². The molecule has 0 saturated carbocycles. The van der Waals surface area contributed by atoms with Gasteiger partial charge in [0, 0.05) is 65.6 Å². The Morgan fingerprint density at radius 1 is 0.648 bits per heavy atom. The number of carbonyl (C=O) groups excluding carboxylic acids is 3. The number of allylic oxidation sites excluding steroid dienone is 1. The van der Waals surface area contributed by atoms with E-state index in [0.29, 0.717) is 60.7 Å². The second-order valence-corrected chi connectivity index (χ2v) is 14.5. The Morgan fingerprint density at radius 2 is 1.07 bits per heavy atom. The minimum absolute atomic E-state index is 0. The van der Waals surface area contributed by atoms with Gasteiger partial charge in [0.15, 0.2) is 0 Å². The maximum Gasteiger partial charge on any atom is 2.00 e. The summed E-state index contributed by atoms with van der Waals surface area (Å²) in [5.41, 5.74) is 9.66. The number of anilines is 3. The van der Waals surface area contributed by atoms with Gasteiger partial charge in [0.25, 0.3) is 19.4 Å². The van der Waals surface area contributed by atoms with Crippen LogP contribution in [0.5, 0.6) is 28.7 Å². The Balaban J connectivity index is 0.000000373. The quantitative estimate of drug-likeness (QED) is 0.0207. The fraction of sp³-hybridized carbons (Fsp3) is 0.220. The van der Waals surface area contributed by atoms with E-state index in [1.54, 1.807) is 6.07 Å². The van der Waals surface area contributed by atoms with Crippen molar-refractivity contribution >= 4 is 65.3 Å². The number of nitrogens with zero attached hydrogens (tertiary/aromatic N) is 6. The third-order valence-corrected chi connectivity index (χ3v) is 9.43. The maximum atomic E-state index is 12.9. The van der Waals surface area contributed by atoms with Crippen molar-refractivity contribution in [1.29, 1.82) is 5.41 Å². The maximum absolute atomic E-state index is 12.9. The summed E-state index contributed by atoms with van der Waals surface area (Å²) in [6, 6.07) is 27.4. The Bertz CT molecular complexity index is 2580. The van der Waals surface area contributed by atoms with Crippen LogP contribution < -0.4 is 28.6 Å². The van der Waals surface area contributed by atoms with E-state index in [1.807, 2.05) is 53.4 Å². The van der Waals surface area contributed by atoms with Gasteiger partial charge in [-0.1, -0.05) is 51.7 Å². The van der Waals surface area contributed by atoms with Crippen molar-refractivity contribution in [2.75, 3.05) is 18.1 Å². The van der Waals surface area contributed by atoms with Crippen LogP contribution in [0.2, 0.25) is 0 Å². The van der Waals surface area contributed by atoms with E-state index in [-0.39, 0.29) is 48.9 Å². The molecule has 0 aliphatic heterocycles. The predicted molar refractivity (Wildman–Crippen MR) is 262 cm³/mol. The molecule has 71 heavy (non-hydrogen) atoms. The summed E-state index contributed by atoms with van der Waals surface area (Å²) in [6.45, 7) is 6.42. The first kappa shape index (κ1) is 57.6. The van der Waals surface area contributed by atoms with E-state index in [4.69, 9.17) is 40.2 Å². The number of unbranched alkanes of at least 4 members (excludes halogenated alkanes) is 4. The van der Waals surface area contributed by atoms with E-state index < -0.39 is 17.6 Å². The summed E-state index contributed by atoms with van der Waals surface area (Å²) in [5, 5.41) is 15.7. The summed E-state index contributed by atoms with van der Waals surface area (Å²) >= 11 is 3.70. The number of aromatic nitrogens is 4. The number of hydrogen-bond donors (Lipinski definition) is 1. The van der Waals surface area contributed by atoms with Crippen LogP contribution in [-0.2, 0) is 33.9 Å². The van der Waals surface area contributed by atoms with Gasteiger partial charge in [0.1, 0.15) is 34.5 Å². The summed E-state index contributed by atoms with van der Waals surface area (Å²) in [6.07, 6.45) is 6.33. The van der Waals surface area contributed by atoms with Gasteiger partial charge in [0.2, 0.25) is 0 Å². The molecule has 6 aromatic rings. The molecule has 21 heteroatoms. The van der Waals surface area contributed by atoms with Gasteiger partial charge in [-0.15, -0.1) is 5.70 Å². The third kappa shape index (κ3) is 18.9. The van der Waals surface area contributed by atoms with Crippen LogP contribution in [0.25, 0.3) is 39.6 Å². The molecule has 0 saturated heterocycles. The fourth-order valence-electron chi connectivity index (χ4n) is 6.17. The molecule has 2 aromatic carbocycles. The number of isothiocyanates is 1. The SMILES string of the molecule is CCCCCOc1ccc(N(c2ccc(OCCCCC)cc2)c2ccnc(/C([NH-])=C/C(=N)C(F)(F)F)c2)cc1.O=COc1ccnc(-c2cc(OC=O)cc(-c3cc(OC=O)ccn3)n2)c1.[N-]=C=S.[Ru+2]. The van der Waals surface area contributed by atoms with Gasteiger partial charge in [-0.25, -0.2) is 4.98 Å². The van der Waals surface area contributed by atoms with Crippen LogP contribution in [0.4, 0.5) is 30.2 Å². The number of rotatable bonds is 23. The molecule has 2 N–H and O–H groups in total. The molecule has 6 rings (SSSR count). The van der Waals surface area contributed by atoms with Gasteiger partial charge < -0.3 is 39.7 Å². The van der Waals surface area contributed by atoms with Crippen molar-refractivity contribution in [3.63, 3.8) is 0 Å². The summed E-state index contributed by atoms with van der Waals surface area (Å²) in [5.74, 6) is 2.25. The van der Waals surface area contributed by atoms with E-state index in [0.717, 1.165) is 61.4 Å². The molecule has 16 nitrogen and oxygen atoms in total. The number of halogens is 3. The minimum Gasteiger partial charge on any atom is -0.753 e. The van der Waals surface area contributed by atoms with Crippen molar-refractivity contribution in [2.45, 2.75) is 58.5 Å². The summed E-state index contributed by atoms with van der Waals surface area (Å²) in [4.78, 5) is 50.6. The summed E-state index contributed by atoms with van der Waals surface area (Å²) in [7, 11) is 0. The zero-order valence-electron chi connectivity index (χ0n) is 38.3. The zero-order valence-corrected chi connectivity index (χ0v) is 40.8. The largest absolute Gasteiger partial charge is 2.00 e. The minimum atomic E-state index is -4.84. The van der Waals surface area contributed by atoms with Crippen molar-refractivity contribution < 1.29 is 70.7 Å². The number of hydrogen-bond acceptors (Lipinski definition) is 15. The standard InChI is InChI=1S/C31H36F3N4O2.C18H11N3O6.CNS.Ru/c1-3-5-7-19-39-26-13-9-23(10-14-26)38(24-11-15-27(16-12-24)40-20-8-6-4-2)25-17-18-37-29(21-25)28(35)22-30(36)31(32,33)34;22-9-25-12-1-3-19-15(5-12)17-7-14(27-11-24)8-18(21-17)16-6-13(26-10-23)2-4-20-16;2-1-3;/h9-18,21-22,35-36H,3-8,19-20H2,1-2H3;1-11H;;/q-1;;-1;+2/b28-22-,36-30?;;;. The van der Waals surface area contributed by atoms with Gasteiger partial charge in [-0.05, 0) is 91.7 Å². The predicted octanol–water partition coefficient (Wildman–Crippen LogP) is 12.1. The average Bonchev–Trinajstić information content (AvgIpc) is 3.36. The molecule has 0 atom stereocenters. The molecular formula is C50H47F3N8O8RuS. The number of carbonyl (C=O) groups is 3. The van der Waals surface area contributed by atoms with E-state index in [9.17, 15) is 27.6 Å². The first-order chi connectivity index (χ1) is 33.9. The molecule has 0 amide bonds. The van der Waals surface area contributed by atoms with Gasteiger partial charge in [-0.2, -0.15) is 18.3 Å². The van der Waals surface area contributed by atoms with Crippen molar-refractivity contribution in [3.05, 3.63) is 139 Å². The first-order valence-corrected chi connectivity index (χ1v) is 21.9. The first-order valence-electron chi connectivity index (χ1n) is 21.5. The Labute approximate surface area is 426 Å². The zero-order chi connectivity index (χ0) is 50.7. The second-order valence-electron chi connectivity index (χ2n) is 14.4. The van der Waals surface area contributed by atoms with Crippen LogP contribution in [0.1, 0.15) is 58.1 Å². The molecule has 0 unspecified atom stereocenters. The third-order valence-electron chi connectivity index (χ3n) is 9.43. The number of nitrogens with one attached hydrogen (secondary N) is 2. The van der Waals surface area contributed by atoms with Crippen molar-refractivity contribution in [1.82, 2.24) is 19.9 Å². The normalized spacial score (nSPS) is 10.5. The molecule has 0 spiro atoms. The topological polar surface area (TPSA) is 222 Å². The number of pyridine rings is 4. The second kappa shape index (κ2) is 30.7. The van der Waals surface area contributed by atoms with E-state index in [2.05, 4.69) is 46.0 Å².